The molecular formula is C13H20N2. The maximum atomic E-state index is 6.04. The van der Waals surface area contributed by atoms with E-state index in [4.69, 9.17) is 5.73 Å². The van der Waals surface area contributed by atoms with Gasteiger partial charge in [0.1, 0.15) is 0 Å². The Morgan fingerprint density at radius 1 is 1.40 bits per heavy atom. The number of nitrogens with two attached hydrogens (primary N) is 1. The fourth-order valence-electron chi connectivity index (χ4n) is 2.28. The van der Waals surface area contributed by atoms with Crippen molar-refractivity contribution in [3.05, 3.63) is 29.3 Å². The highest BCUT2D eigenvalue weighted by Crippen LogP contribution is 2.30. The van der Waals surface area contributed by atoms with Gasteiger partial charge >= 0.3 is 0 Å². The van der Waals surface area contributed by atoms with Crippen LogP contribution >= 0.6 is 0 Å². The first-order valence-electron chi connectivity index (χ1n) is 5.89. The second kappa shape index (κ2) is 4.23. The zero-order valence-corrected chi connectivity index (χ0v) is 9.66. The first kappa shape index (κ1) is 10.5. The molecule has 1 aliphatic heterocycles. The lowest BCUT2D eigenvalue weighted by molar-refractivity contribution is 0.698. The second-order valence-corrected chi connectivity index (χ2v) is 4.23. The zero-order valence-electron chi connectivity index (χ0n) is 9.66. The van der Waals surface area contributed by atoms with Crippen molar-refractivity contribution in [2.45, 2.75) is 32.7 Å². The smallest absolute Gasteiger partial charge is 0.0399 e. The minimum Gasteiger partial charge on any atom is -0.371 e. The number of fused-ring (bicyclic) bond motifs is 1. The van der Waals surface area contributed by atoms with Crippen molar-refractivity contribution in [1.29, 1.82) is 0 Å². The van der Waals surface area contributed by atoms with Crippen LogP contribution in [0.4, 0.5) is 5.69 Å². The molecule has 0 radical (unpaired) electrons. The van der Waals surface area contributed by atoms with Crippen LogP contribution in [0.1, 0.15) is 37.4 Å². The van der Waals surface area contributed by atoms with Crippen LogP contribution in [0, 0.1) is 0 Å². The van der Waals surface area contributed by atoms with Crippen LogP contribution in [0.25, 0.3) is 0 Å². The Morgan fingerprint density at radius 2 is 2.20 bits per heavy atom. The van der Waals surface area contributed by atoms with Gasteiger partial charge in [0.05, 0.1) is 0 Å². The molecule has 1 unspecified atom stereocenters. The number of hydrogen-bond donors (Lipinski definition) is 1. The molecule has 0 saturated carbocycles. The molecule has 1 aromatic rings. The molecule has 1 aromatic carbocycles. The molecular weight excluding hydrogens is 184 g/mol. The quantitative estimate of drug-likeness (QED) is 0.819. The van der Waals surface area contributed by atoms with Gasteiger partial charge in [-0.3, -0.25) is 0 Å². The first-order chi connectivity index (χ1) is 7.26. The van der Waals surface area contributed by atoms with Crippen molar-refractivity contribution >= 4 is 5.69 Å². The van der Waals surface area contributed by atoms with Gasteiger partial charge in [-0.15, -0.1) is 0 Å². The average molecular weight is 204 g/mol. The monoisotopic (exact) mass is 204 g/mol. The van der Waals surface area contributed by atoms with Crippen molar-refractivity contribution in [3.63, 3.8) is 0 Å². The van der Waals surface area contributed by atoms with E-state index in [0.717, 1.165) is 19.5 Å². The largest absolute Gasteiger partial charge is 0.371 e. The SMILES string of the molecule is CCC(N)c1ccc2c(c1)CCN2CC. The predicted octanol–water partition coefficient (Wildman–Crippen LogP) is 2.48. The molecule has 1 atom stereocenters. The molecule has 2 heteroatoms. The summed E-state index contributed by atoms with van der Waals surface area (Å²) >= 11 is 0. The van der Waals surface area contributed by atoms with E-state index in [1.165, 1.54) is 23.2 Å². The van der Waals surface area contributed by atoms with E-state index < -0.39 is 0 Å². The van der Waals surface area contributed by atoms with Crippen LogP contribution in [0.3, 0.4) is 0 Å². The minimum atomic E-state index is 0.200. The molecule has 0 bridgehead atoms. The van der Waals surface area contributed by atoms with Gasteiger partial charge in [0.25, 0.3) is 0 Å². The topological polar surface area (TPSA) is 29.3 Å². The summed E-state index contributed by atoms with van der Waals surface area (Å²) in [5, 5.41) is 0. The molecule has 2 nitrogen and oxygen atoms in total. The Hall–Kier alpha value is -1.02. The lowest BCUT2D eigenvalue weighted by Gasteiger charge is -2.17. The highest BCUT2D eigenvalue weighted by molar-refractivity contribution is 5.59. The van der Waals surface area contributed by atoms with E-state index in [9.17, 15) is 0 Å². The van der Waals surface area contributed by atoms with Gasteiger partial charge in [0.15, 0.2) is 0 Å². The number of rotatable bonds is 3. The van der Waals surface area contributed by atoms with Crippen LogP contribution in [0.2, 0.25) is 0 Å². The summed E-state index contributed by atoms with van der Waals surface area (Å²) in [6.07, 6.45) is 2.18. The maximum Gasteiger partial charge on any atom is 0.0399 e. The van der Waals surface area contributed by atoms with Crippen LogP contribution in [0.5, 0.6) is 0 Å². The van der Waals surface area contributed by atoms with E-state index in [2.05, 4.69) is 36.9 Å². The van der Waals surface area contributed by atoms with Gasteiger partial charge in [-0.05, 0) is 37.0 Å². The summed E-state index contributed by atoms with van der Waals surface area (Å²) in [6.45, 7) is 6.61. The van der Waals surface area contributed by atoms with Gasteiger partial charge < -0.3 is 10.6 Å². The minimum absolute atomic E-state index is 0.200. The Balaban J connectivity index is 2.29. The third-order valence-electron chi connectivity index (χ3n) is 3.34. The summed E-state index contributed by atoms with van der Waals surface area (Å²) in [7, 11) is 0. The standard InChI is InChI=1S/C13H20N2/c1-3-12(14)10-5-6-13-11(9-10)7-8-15(13)4-2/h5-6,9,12H,3-4,7-8,14H2,1-2H3. The molecule has 82 valence electrons. The van der Waals surface area contributed by atoms with Gasteiger partial charge in [0.2, 0.25) is 0 Å². The highest BCUT2D eigenvalue weighted by Gasteiger charge is 2.18. The Morgan fingerprint density at radius 3 is 2.87 bits per heavy atom. The molecule has 0 aliphatic carbocycles. The van der Waals surface area contributed by atoms with Crippen LogP contribution < -0.4 is 10.6 Å². The van der Waals surface area contributed by atoms with E-state index in [1.807, 2.05) is 0 Å². The number of likely N-dealkylation sites (N-methyl/N-ethyl adjacent to an activating group) is 1. The van der Waals surface area contributed by atoms with E-state index in [0.29, 0.717) is 0 Å². The summed E-state index contributed by atoms with van der Waals surface area (Å²) < 4.78 is 0. The van der Waals surface area contributed by atoms with Crippen molar-refractivity contribution < 1.29 is 0 Å². The van der Waals surface area contributed by atoms with Crippen LogP contribution in [-0.2, 0) is 6.42 Å². The van der Waals surface area contributed by atoms with E-state index >= 15 is 0 Å². The molecule has 0 aromatic heterocycles. The third kappa shape index (κ3) is 1.86. The van der Waals surface area contributed by atoms with Gasteiger partial charge in [-0.2, -0.15) is 0 Å². The lowest BCUT2D eigenvalue weighted by atomic mass is 10.0. The zero-order chi connectivity index (χ0) is 10.8. The van der Waals surface area contributed by atoms with E-state index in [-0.39, 0.29) is 6.04 Å². The molecule has 0 spiro atoms. The van der Waals surface area contributed by atoms with Crippen LogP contribution in [0.15, 0.2) is 18.2 Å². The van der Waals surface area contributed by atoms with E-state index in [1.54, 1.807) is 0 Å². The molecule has 1 aliphatic rings. The van der Waals surface area contributed by atoms with Crippen molar-refractivity contribution in [3.8, 4) is 0 Å². The fraction of sp³-hybridized carbons (Fsp3) is 0.538. The number of anilines is 1. The average Bonchev–Trinajstić information content (AvgIpc) is 2.69. The second-order valence-electron chi connectivity index (χ2n) is 4.23. The van der Waals surface area contributed by atoms with Crippen LogP contribution in [-0.4, -0.2) is 13.1 Å². The third-order valence-corrected chi connectivity index (χ3v) is 3.34. The molecule has 15 heavy (non-hydrogen) atoms. The molecule has 2 rings (SSSR count). The molecule has 0 saturated heterocycles. The summed E-state index contributed by atoms with van der Waals surface area (Å²) in [5.74, 6) is 0. The lowest BCUT2D eigenvalue weighted by Crippen LogP contribution is -2.19. The summed E-state index contributed by atoms with van der Waals surface area (Å²) in [4.78, 5) is 2.43. The van der Waals surface area contributed by atoms with Gasteiger partial charge in [-0.1, -0.05) is 19.1 Å². The number of nitrogens with zero attached hydrogens (tertiary/aromatic N) is 1. The van der Waals surface area contributed by atoms with Crippen molar-refractivity contribution in [1.82, 2.24) is 0 Å². The Labute approximate surface area is 92.1 Å². The van der Waals surface area contributed by atoms with Crippen molar-refractivity contribution in [2.75, 3.05) is 18.0 Å². The normalized spacial score (nSPS) is 16.6. The molecule has 0 amide bonds. The number of benzene rings is 1. The van der Waals surface area contributed by atoms with Gasteiger partial charge in [-0.25, -0.2) is 0 Å². The molecule has 1 heterocycles. The highest BCUT2D eigenvalue weighted by atomic mass is 15.1. The van der Waals surface area contributed by atoms with Crippen molar-refractivity contribution in [2.24, 2.45) is 5.73 Å². The Kier molecular flexibility index (Phi) is 2.96. The molecule has 2 N–H and O–H groups in total. The Bertz CT molecular complexity index is 346. The summed E-state index contributed by atoms with van der Waals surface area (Å²) in [5.41, 5.74) is 10.2. The first-order valence-corrected chi connectivity index (χ1v) is 5.89. The fourth-order valence-corrected chi connectivity index (χ4v) is 2.28. The number of hydrogen-bond acceptors (Lipinski definition) is 2. The maximum absolute atomic E-state index is 6.04. The van der Waals surface area contributed by atoms with Gasteiger partial charge in [0, 0.05) is 24.8 Å². The molecule has 0 fully saturated rings. The summed E-state index contributed by atoms with van der Waals surface area (Å²) in [6, 6.07) is 6.91. The predicted molar refractivity (Wildman–Crippen MR) is 65.3 cm³/mol.